The molecule has 0 bridgehead atoms. The molecule has 2 aromatic rings. The van der Waals surface area contributed by atoms with Gasteiger partial charge in [0.05, 0.1) is 0 Å². The highest BCUT2D eigenvalue weighted by Crippen LogP contribution is 2.13. The van der Waals surface area contributed by atoms with Gasteiger partial charge < -0.3 is 14.4 Å². The van der Waals surface area contributed by atoms with E-state index in [9.17, 15) is 13.6 Å². The van der Waals surface area contributed by atoms with Crippen LogP contribution in [0.25, 0.3) is 0 Å². The van der Waals surface area contributed by atoms with Crippen molar-refractivity contribution in [2.45, 2.75) is 13.0 Å². The Morgan fingerprint density at radius 2 is 2.20 bits per heavy atom. The third-order valence-corrected chi connectivity index (χ3v) is 2.32. The van der Waals surface area contributed by atoms with E-state index in [1.54, 1.807) is 0 Å². The zero-order valence-electron chi connectivity index (χ0n) is 10.2. The van der Waals surface area contributed by atoms with E-state index in [1.165, 1.54) is 6.07 Å². The average molecular weight is 284 g/mol. The van der Waals surface area contributed by atoms with Gasteiger partial charge in [0, 0.05) is 12.5 Å². The third kappa shape index (κ3) is 3.82. The van der Waals surface area contributed by atoms with Crippen LogP contribution in [0.4, 0.5) is 8.78 Å². The first kappa shape index (κ1) is 14.1. The number of nitrogens with zero attached hydrogens (tertiary/aromatic N) is 2. The highest BCUT2D eigenvalue weighted by atomic mass is 19.1. The summed E-state index contributed by atoms with van der Waals surface area (Å²) in [6.07, 6.45) is 0.0363. The molecule has 0 spiro atoms. The minimum atomic E-state index is -1.11. The normalized spacial score (nSPS) is 10.7. The van der Waals surface area contributed by atoms with E-state index in [0.29, 0.717) is 0 Å². The molecule has 0 atom stereocenters. The van der Waals surface area contributed by atoms with Gasteiger partial charge in [0.15, 0.2) is 5.82 Å². The molecule has 0 amide bonds. The number of benzene rings is 1. The van der Waals surface area contributed by atoms with Crippen molar-refractivity contribution in [3.8, 4) is 0 Å². The number of halogens is 2. The van der Waals surface area contributed by atoms with Gasteiger partial charge in [-0.3, -0.25) is 0 Å². The van der Waals surface area contributed by atoms with Crippen molar-refractivity contribution in [3.05, 3.63) is 47.1 Å². The fraction of sp³-hybridized carbons (Fsp3) is 0.250. The van der Waals surface area contributed by atoms with Crippen molar-refractivity contribution in [1.82, 2.24) is 10.1 Å². The molecular formula is C12H10F2N2O4. The van der Waals surface area contributed by atoms with Gasteiger partial charge in [0.2, 0.25) is 0 Å². The van der Waals surface area contributed by atoms with Crippen molar-refractivity contribution < 1.29 is 27.9 Å². The SMILES string of the molecule is O=C(O)COCc1nc(Cc2ccc(F)cc2F)no1. The Hall–Kier alpha value is -2.35. The lowest BCUT2D eigenvalue weighted by atomic mass is 10.1. The van der Waals surface area contributed by atoms with E-state index in [0.717, 1.165) is 12.1 Å². The van der Waals surface area contributed by atoms with Gasteiger partial charge in [-0.25, -0.2) is 13.6 Å². The molecule has 6 nitrogen and oxygen atoms in total. The molecule has 0 aliphatic carbocycles. The lowest BCUT2D eigenvalue weighted by molar-refractivity contribution is -0.142. The fourth-order valence-electron chi connectivity index (χ4n) is 1.48. The molecule has 0 fully saturated rings. The van der Waals surface area contributed by atoms with E-state index in [-0.39, 0.29) is 30.3 Å². The summed E-state index contributed by atoms with van der Waals surface area (Å²) < 4.78 is 35.7. The van der Waals surface area contributed by atoms with E-state index >= 15 is 0 Å². The second kappa shape index (κ2) is 6.20. The minimum absolute atomic E-state index is 0.0363. The van der Waals surface area contributed by atoms with Crippen LogP contribution in [-0.2, 0) is 22.6 Å². The van der Waals surface area contributed by atoms with Crippen LogP contribution in [-0.4, -0.2) is 27.8 Å². The maximum atomic E-state index is 13.4. The molecule has 0 unspecified atom stereocenters. The maximum Gasteiger partial charge on any atom is 0.329 e. The predicted octanol–water partition coefficient (Wildman–Crippen LogP) is 1.54. The van der Waals surface area contributed by atoms with Crippen molar-refractivity contribution in [3.63, 3.8) is 0 Å². The summed E-state index contributed by atoms with van der Waals surface area (Å²) in [4.78, 5) is 14.1. The molecule has 20 heavy (non-hydrogen) atoms. The molecule has 106 valence electrons. The molecule has 1 heterocycles. The Morgan fingerprint density at radius 3 is 2.90 bits per heavy atom. The van der Waals surface area contributed by atoms with Crippen molar-refractivity contribution in [2.75, 3.05) is 6.61 Å². The summed E-state index contributed by atoms with van der Waals surface area (Å²) in [5, 5.41) is 12.0. The molecule has 0 radical (unpaired) electrons. The number of aromatic nitrogens is 2. The summed E-state index contributed by atoms with van der Waals surface area (Å²) in [6.45, 7) is -0.629. The second-order valence-corrected chi connectivity index (χ2v) is 3.90. The summed E-state index contributed by atoms with van der Waals surface area (Å²) in [6, 6.07) is 3.20. The monoisotopic (exact) mass is 284 g/mol. The van der Waals surface area contributed by atoms with Crippen molar-refractivity contribution in [2.24, 2.45) is 0 Å². The van der Waals surface area contributed by atoms with Crippen LogP contribution in [0.2, 0.25) is 0 Å². The Labute approximate surface area is 112 Å². The molecule has 1 N–H and O–H groups in total. The molecular weight excluding hydrogens is 274 g/mol. The van der Waals surface area contributed by atoms with Gasteiger partial charge in [0.25, 0.3) is 5.89 Å². The summed E-state index contributed by atoms with van der Waals surface area (Å²) >= 11 is 0. The number of carboxylic acids is 1. The zero-order chi connectivity index (χ0) is 14.5. The van der Waals surface area contributed by atoms with Crippen molar-refractivity contribution in [1.29, 1.82) is 0 Å². The highest BCUT2D eigenvalue weighted by Gasteiger charge is 2.11. The Balaban J connectivity index is 1.97. The third-order valence-electron chi connectivity index (χ3n) is 2.32. The number of ether oxygens (including phenoxy) is 1. The lowest BCUT2D eigenvalue weighted by Gasteiger charge is -1.99. The van der Waals surface area contributed by atoms with E-state index in [1.807, 2.05) is 0 Å². The zero-order valence-corrected chi connectivity index (χ0v) is 10.2. The number of rotatable bonds is 6. The van der Waals surface area contributed by atoms with Crippen LogP contribution >= 0.6 is 0 Å². The summed E-state index contributed by atoms with van der Waals surface area (Å²) in [5.41, 5.74) is 0.227. The first-order valence-electron chi connectivity index (χ1n) is 5.59. The van der Waals surface area contributed by atoms with Crippen LogP contribution in [0.15, 0.2) is 22.7 Å². The highest BCUT2D eigenvalue weighted by molar-refractivity contribution is 5.67. The second-order valence-electron chi connectivity index (χ2n) is 3.90. The van der Waals surface area contributed by atoms with E-state index in [4.69, 9.17) is 14.4 Å². The Kier molecular flexibility index (Phi) is 4.36. The predicted molar refractivity (Wildman–Crippen MR) is 60.8 cm³/mol. The van der Waals surface area contributed by atoms with Crippen molar-refractivity contribution >= 4 is 5.97 Å². The van der Waals surface area contributed by atoms with Gasteiger partial charge in [-0.15, -0.1) is 0 Å². The van der Waals surface area contributed by atoms with E-state index < -0.39 is 24.2 Å². The minimum Gasteiger partial charge on any atom is -0.480 e. The van der Waals surface area contributed by atoms with Gasteiger partial charge in [-0.2, -0.15) is 4.98 Å². The molecule has 0 saturated heterocycles. The number of carboxylic acid groups (broad SMARTS) is 1. The largest absolute Gasteiger partial charge is 0.480 e. The molecule has 1 aromatic heterocycles. The molecule has 0 aliphatic rings. The van der Waals surface area contributed by atoms with Gasteiger partial charge in [-0.05, 0) is 11.6 Å². The smallest absolute Gasteiger partial charge is 0.329 e. The van der Waals surface area contributed by atoms with Crippen LogP contribution in [0.1, 0.15) is 17.3 Å². The molecule has 2 rings (SSSR count). The van der Waals surface area contributed by atoms with E-state index in [2.05, 4.69) is 10.1 Å². The number of hydrogen-bond acceptors (Lipinski definition) is 5. The van der Waals surface area contributed by atoms with Gasteiger partial charge in [0.1, 0.15) is 24.8 Å². The van der Waals surface area contributed by atoms with Crippen LogP contribution in [0, 0.1) is 11.6 Å². The summed E-state index contributed by atoms with van der Waals surface area (Å²) in [7, 11) is 0. The standard InChI is InChI=1S/C12H10F2N2O4/c13-8-2-1-7(9(14)4-8)3-10-15-11(20-16-10)5-19-6-12(17)18/h1-2,4H,3,5-6H2,(H,17,18). The first-order chi connectivity index (χ1) is 9.54. The Bertz CT molecular complexity index is 615. The van der Waals surface area contributed by atoms with Crippen LogP contribution in [0.5, 0.6) is 0 Å². The Morgan fingerprint density at radius 1 is 1.40 bits per heavy atom. The maximum absolute atomic E-state index is 13.4. The molecule has 0 saturated carbocycles. The molecule has 1 aromatic carbocycles. The summed E-state index contributed by atoms with van der Waals surface area (Å²) in [5.74, 6) is -2.19. The number of carbonyl (C=O) groups is 1. The first-order valence-corrected chi connectivity index (χ1v) is 5.59. The van der Waals surface area contributed by atoms with Crippen LogP contribution in [0.3, 0.4) is 0 Å². The lowest BCUT2D eigenvalue weighted by Crippen LogP contribution is -2.06. The average Bonchev–Trinajstić information content (AvgIpc) is 2.80. The topological polar surface area (TPSA) is 85.5 Å². The fourth-order valence-corrected chi connectivity index (χ4v) is 1.48. The van der Waals surface area contributed by atoms with Crippen LogP contribution < -0.4 is 0 Å². The molecule has 0 aliphatic heterocycles. The quantitative estimate of drug-likeness (QED) is 0.866. The number of aliphatic carboxylic acids is 1. The molecule has 8 heteroatoms. The number of hydrogen-bond donors (Lipinski definition) is 1. The van der Waals surface area contributed by atoms with Gasteiger partial charge in [-0.1, -0.05) is 11.2 Å². The van der Waals surface area contributed by atoms with Gasteiger partial charge >= 0.3 is 5.97 Å².